The van der Waals surface area contributed by atoms with Gasteiger partial charge in [0, 0.05) is 20.1 Å². The van der Waals surface area contributed by atoms with Crippen molar-refractivity contribution in [1.82, 2.24) is 25.0 Å². The summed E-state index contributed by atoms with van der Waals surface area (Å²) in [7, 11) is 1.51. The highest BCUT2D eigenvalue weighted by molar-refractivity contribution is 5.89. The molecule has 2 amide bonds. The lowest BCUT2D eigenvalue weighted by atomic mass is 10.1. The van der Waals surface area contributed by atoms with Crippen LogP contribution in [0, 0.1) is 12.7 Å². The smallest absolute Gasteiger partial charge is 0.250 e. The van der Waals surface area contributed by atoms with Gasteiger partial charge in [-0.25, -0.2) is 4.39 Å². The second-order valence-corrected chi connectivity index (χ2v) is 5.67. The van der Waals surface area contributed by atoms with Crippen LogP contribution < -0.4 is 5.32 Å². The van der Waals surface area contributed by atoms with Gasteiger partial charge in [0.25, 0.3) is 5.91 Å². The average molecular weight is 331 g/mol. The lowest BCUT2D eigenvalue weighted by Crippen LogP contribution is -2.49. The molecule has 24 heavy (non-hydrogen) atoms. The van der Waals surface area contributed by atoms with Crippen LogP contribution in [0.1, 0.15) is 23.3 Å². The van der Waals surface area contributed by atoms with E-state index < -0.39 is 11.9 Å². The third-order valence-electron chi connectivity index (χ3n) is 4.14. The second kappa shape index (κ2) is 6.38. The number of rotatable bonds is 3. The number of nitrogens with zero attached hydrogens (tertiary/aromatic N) is 4. The summed E-state index contributed by atoms with van der Waals surface area (Å²) in [6.07, 6.45) is 0.0262. The number of nitrogens with one attached hydrogen (secondary N) is 1. The molecule has 1 N–H and O–H groups in total. The first kappa shape index (κ1) is 16.1. The van der Waals surface area contributed by atoms with Gasteiger partial charge in [0.2, 0.25) is 5.91 Å². The fraction of sp³-hybridized carbons (Fsp3) is 0.375. The largest absolute Gasteiger partial charge is 0.357 e. The van der Waals surface area contributed by atoms with E-state index in [2.05, 4.69) is 15.5 Å². The molecule has 0 saturated carbocycles. The van der Waals surface area contributed by atoms with Crippen molar-refractivity contribution in [3.8, 4) is 0 Å². The topological polar surface area (TPSA) is 80.1 Å². The molecule has 8 heteroatoms. The molecule has 0 aliphatic carbocycles. The zero-order chi connectivity index (χ0) is 17.3. The molecule has 1 aliphatic heterocycles. The lowest BCUT2D eigenvalue weighted by molar-refractivity contribution is -0.141. The van der Waals surface area contributed by atoms with E-state index in [1.165, 1.54) is 24.1 Å². The van der Waals surface area contributed by atoms with Crippen LogP contribution in [-0.2, 0) is 22.6 Å². The normalized spacial score (nSPS) is 16.6. The number of benzene rings is 1. The molecule has 2 aromatic rings. The summed E-state index contributed by atoms with van der Waals surface area (Å²) in [5.41, 5.74) is 0.568. The number of aromatic nitrogens is 3. The Morgan fingerprint density at radius 2 is 2.12 bits per heavy atom. The average Bonchev–Trinajstić information content (AvgIpc) is 2.94. The van der Waals surface area contributed by atoms with Gasteiger partial charge in [-0.15, -0.1) is 10.2 Å². The molecule has 126 valence electrons. The molecule has 3 rings (SSSR count). The second-order valence-electron chi connectivity index (χ2n) is 5.67. The van der Waals surface area contributed by atoms with E-state index in [9.17, 15) is 14.0 Å². The monoisotopic (exact) mass is 331 g/mol. The summed E-state index contributed by atoms with van der Waals surface area (Å²) in [4.78, 5) is 26.5. The molecule has 1 atom stereocenters. The van der Waals surface area contributed by atoms with E-state index in [1.54, 1.807) is 12.1 Å². The molecule has 1 aromatic heterocycles. The number of hydrogen-bond donors (Lipinski definition) is 1. The predicted octanol–water partition coefficient (Wildman–Crippen LogP) is 0.598. The van der Waals surface area contributed by atoms with E-state index in [1.807, 2.05) is 11.5 Å². The standard InChI is InChI=1S/C16H18FN5O2/c1-10-19-20-15-14(16(24)18-2)22(7-6-21(10)15)13(23)9-11-4-3-5-12(17)8-11/h3-5,8,14H,6-7,9H2,1-2H3,(H,18,24)/t14-/m1/s1. The van der Waals surface area contributed by atoms with Crippen LogP contribution in [0.25, 0.3) is 0 Å². The molecule has 7 nitrogen and oxygen atoms in total. The van der Waals surface area contributed by atoms with Gasteiger partial charge in [-0.2, -0.15) is 0 Å². The van der Waals surface area contributed by atoms with Crippen molar-refractivity contribution in [3.63, 3.8) is 0 Å². The van der Waals surface area contributed by atoms with Gasteiger partial charge in [-0.1, -0.05) is 12.1 Å². The molecule has 0 spiro atoms. The number of carbonyl (C=O) groups is 2. The predicted molar refractivity (Wildman–Crippen MR) is 83.4 cm³/mol. The Morgan fingerprint density at radius 3 is 2.83 bits per heavy atom. The maximum Gasteiger partial charge on any atom is 0.250 e. The van der Waals surface area contributed by atoms with Crippen LogP contribution in [0.2, 0.25) is 0 Å². The van der Waals surface area contributed by atoms with Crippen molar-refractivity contribution >= 4 is 11.8 Å². The van der Waals surface area contributed by atoms with Crippen LogP contribution in [0.3, 0.4) is 0 Å². The Labute approximate surface area is 138 Å². The van der Waals surface area contributed by atoms with Crippen molar-refractivity contribution in [1.29, 1.82) is 0 Å². The van der Waals surface area contributed by atoms with Gasteiger partial charge in [-0.05, 0) is 24.6 Å². The van der Waals surface area contributed by atoms with Crippen molar-refractivity contribution in [3.05, 3.63) is 47.3 Å². The molecule has 2 heterocycles. The molecule has 1 aliphatic rings. The number of halogens is 1. The van der Waals surface area contributed by atoms with Gasteiger partial charge in [0.1, 0.15) is 11.6 Å². The number of aryl methyl sites for hydroxylation is 1. The van der Waals surface area contributed by atoms with Gasteiger partial charge >= 0.3 is 0 Å². The number of carbonyl (C=O) groups excluding carboxylic acids is 2. The highest BCUT2D eigenvalue weighted by Crippen LogP contribution is 2.25. The third-order valence-corrected chi connectivity index (χ3v) is 4.14. The summed E-state index contributed by atoms with van der Waals surface area (Å²) >= 11 is 0. The summed E-state index contributed by atoms with van der Waals surface area (Å²) < 4.78 is 15.1. The Kier molecular flexibility index (Phi) is 4.28. The molecule has 0 radical (unpaired) electrons. The minimum atomic E-state index is -0.828. The van der Waals surface area contributed by atoms with E-state index in [0.29, 0.717) is 30.3 Å². The molecule has 0 fully saturated rings. The minimum absolute atomic E-state index is 0.0262. The number of likely N-dealkylation sites (N-methyl/N-ethyl adjacent to an activating group) is 1. The highest BCUT2D eigenvalue weighted by atomic mass is 19.1. The molecular formula is C16H18FN5O2. The maximum absolute atomic E-state index is 13.3. The van der Waals surface area contributed by atoms with Crippen molar-refractivity contribution in [2.75, 3.05) is 13.6 Å². The van der Waals surface area contributed by atoms with Crippen LogP contribution in [0.4, 0.5) is 4.39 Å². The SMILES string of the molecule is CNC(=O)[C@H]1c2nnc(C)n2CCN1C(=O)Cc1cccc(F)c1. The van der Waals surface area contributed by atoms with E-state index in [-0.39, 0.29) is 18.2 Å². The van der Waals surface area contributed by atoms with Gasteiger partial charge < -0.3 is 14.8 Å². The van der Waals surface area contributed by atoms with Crippen LogP contribution >= 0.6 is 0 Å². The van der Waals surface area contributed by atoms with Gasteiger partial charge in [-0.3, -0.25) is 9.59 Å². The first-order valence-electron chi connectivity index (χ1n) is 7.66. The highest BCUT2D eigenvalue weighted by Gasteiger charge is 2.38. The fourth-order valence-electron chi connectivity index (χ4n) is 2.94. The fourth-order valence-corrected chi connectivity index (χ4v) is 2.94. The molecule has 0 unspecified atom stereocenters. The quantitative estimate of drug-likeness (QED) is 0.893. The Morgan fingerprint density at radius 1 is 1.33 bits per heavy atom. The third kappa shape index (κ3) is 2.86. The van der Waals surface area contributed by atoms with E-state index in [4.69, 9.17) is 0 Å². The first-order valence-corrected chi connectivity index (χ1v) is 7.66. The van der Waals surface area contributed by atoms with Crippen molar-refractivity contribution in [2.45, 2.75) is 25.9 Å². The summed E-state index contributed by atoms with van der Waals surface area (Å²) in [5.74, 6) is 0.191. The number of hydrogen-bond acceptors (Lipinski definition) is 4. The zero-order valence-corrected chi connectivity index (χ0v) is 13.5. The summed E-state index contributed by atoms with van der Waals surface area (Å²) in [6.45, 7) is 2.70. The Bertz CT molecular complexity index is 789. The first-order chi connectivity index (χ1) is 11.5. The molecule has 1 aromatic carbocycles. The lowest BCUT2D eigenvalue weighted by Gasteiger charge is -2.34. The van der Waals surface area contributed by atoms with Gasteiger partial charge in [0.15, 0.2) is 11.9 Å². The minimum Gasteiger partial charge on any atom is -0.357 e. The van der Waals surface area contributed by atoms with Crippen molar-refractivity contribution in [2.24, 2.45) is 0 Å². The van der Waals surface area contributed by atoms with E-state index in [0.717, 1.165) is 0 Å². The summed E-state index contributed by atoms with van der Waals surface area (Å²) in [6, 6.07) is 5.07. The molecule has 0 saturated heterocycles. The maximum atomic E-state index is 13.3. The van der Waals surface area contributed by atoms with Crippen LogP contribution in [0.15, 0.2) is 24.3 Å². The zero-order valence-electron chi connectivity index (χ0n) is 13.5. The number of amides is 2. The van der Waals surface area contributed by atoms with Crippen molar-refractivity contribution < 1.29 is 14.0 Å². The Hall–Kier alpha value is -2.77. The molecule has 0 bridgehead atoms. The molecular weight excluding hydrogens is 313 g/mol. The van der Waals surface area contributed by atoms with Gasteiger partial charge in [0.05, 0.1) is 6.42 Å². The number of fused-ring (bicyclic) bond motifs is 1. The van der Waals surface area contributed by atoms with E-state index >= 15 is 0 Å². The van der Waals surface area contributed by atoms with Crippen LogP contribution in [0.5, 0.6) is 0 Å². The summed E-state index contributed by atoms with van der Waals surface area (Å²) in [5, 5.41) is 10.6. The van der Waals surface area contributed by atoms with Crippen LogP contribution in [-0.4, -0.2) is 45.1 Å². The Balaban J connectivity index is 1.88.